The highest BCUT2D eigenvalue weighted by molar-refractivity contribution is 7.89. The van der Waals surface area contributed by atoms with Crippen LogP contribution in [-0.4, -0.2) is 33.3 Å². The van der Waals surface area contributed by atoms with E-state index in [9.17, 15) is 26.8 Å². The van der Waals surface area contributed by atoms with E-state index >= 15 is 0 Å². The van der Waals surface area contributed by atoms with E-state index in [0.29, 0.717) is 0 Å². The van der Waals surface area contributed by atoms with Gasteiger partial charge in [0, 0.05) is 18.7 Å². The van der Waals surface area contributed by atoms with E-state index in [-0.39, 0.29) is 22.1 Å². The van der Waals surface area contributed by atoms with Crippen LogP contribution in [0.1, 0.15) is 34.8 Å². The molecule has 1 fully saturated rings. The number of sulfonamides is 1. The van der Waals surface area contributed by atoms with Gasteiger partial charge in [0.25, 0.3) is 5.91 Å². The van der Waals surface area contributed by atoms with Crippen molar-refractivity contribution >= 4 is 21.8 Å². The van der Waals surface area contributed by atoms with Crippen LogP contribution in [-0.2, 0) is 14.8 Å². The van der Waals surface area contributed by atoms with Crippen molar-refractivity contribution in [2.75, 3.05) is 7.05 Å². The molecular formula is C19H19F2N3O4S. The van der Waals surface area contributed by atoms with Crippen LogP contribution < -0.4 is 15.4 Å². The average Bonchev–Trinajstić information content (AvgIpc) is 3.51. The van der Waals surface area contributed by atoms with Gasteiger partial charge in [-0.2, -0.15) is 0 Å². The number of likely N-dealkylation sites (N-methyl/N-ethyl adjacent to an activating group) is 1. The molecule has 0 aromatic heterocycles. The highest BCUT2D eigenvalue weighted by Crippen LogP contribution is 2.23. The highest BCUT2D eigenvalue weighted by Gasteiger charge is 2.29. The third-order valence-electron chi connectivity index (χ3n) is 4.37. The van der Waals surface area contributed by atoms with Crippen molar-refractivity contribution in [3.8, 4) is 0 Å². The molecule has 0 heterocycles. The minimum Gasteiger partial charge on any atom is -0.357 e. The predicted molar refractivity (Wildman–Crippen MR) is 100 cm³/mol. The lowest BCUT2D eigenvalue weighted by Gasteiger charge is -2.18. The van der Waals surface area contributed by atoms with E-state index in [1.54, 1.807) is 0 Å². The highest BCUT2D eigenvalue weighted by atomic mass is 32.2. The van der Waals surface area contributed by atoms with Crippen LogP contribution in [0.2, 0.25) is 0 Å². The molecule has 1 saturated carbocycles. The van der Waals surface area contributed by atoms with Gasteiger partial charge in [0.15, 0.2) is 11.6 Å². The summed E-state index contributed by atoms with van der Waals surface area (Å²) in [6.45, 7) is 0. The molecular weight excluding hydrogens is 404 g/mol. The van der Waals surface area contributed by atoms with E-state index in [1.807, 2.05) is 0 Å². The van der Waals surface area contributed by atoms with E-state index in [0.717, 1.165) is 25.0 Å². The summed E-state index contributed by atoms with van der Waals surface area (Å²) in [6.07, 6.45) is 1.53. The molecule has 0 saturated heterocycles. The first-order chi connectivity index (χ1) is 13.7. The molecule has 1 atom stereocenters. The molecule has 29 heavy (non-hydrogen) atoms. The molecule has 2 aromatic rings. The predicted octanol–water partition coefficient (Wildman–Crippen LogP) is 1.62. The maximum atomic E-state index is 13.6. The molecule has 7 nitrogen and oxygen atoms in total. The maximum Gasteiger partial charge on any atom is 0.252 e. The Hall–Kier alpha value is -2.85. The molecule has 1 aliphatic rings. The summed E-state index contributed by atoms with van der Waals surface area (Å²) in [4.78, 5) is 24.7. The fourth-order valence-corrected chi connectivity index (χ4v) is 3.99. The van der Waals surface area contributed by atoms with E-state index in [2.05, 4.69) is 15.4 Å². The lowest BCUT2D eigenvalue weighted by molar-refractivity contribution is -0.122. The van der Waals surface area contributed by atoms with Crippen molar-refractivity contribution < 1.29 is 26.8 Å². The Morgan fingerprint density at radius 2 is 1.79 bits per heavy atom. The first-order valence-corrected chi connectivity index (χ1v) is 10.3. The summed E-state index contributed by atoms with van der Waals surface area (Å²) in [5.74, 6) is -3.64. The second-order valence-electron chi connectivity index (χ2n) is 6.62. The van der Waals surface area contributed by atoms with Gasteiger partial charge in [-0.25, -0.2) is 21.9 Å². The Morgan fingerprint density at radius 1 is 1.07 bits per heavy atom. The van der Waals surface area contributed by atoms with Crippen LogP contribution in [0.25, 0.3) is 0 Å². The van der Waals surface area contributed by atoms with Gasteiger partial charge in [-0.3, -0.25) is 9.59 Å². The Labute approximate surface area is 166 Å². The third kappa shape index (κ3) is 4.96. The van der Waals surface area contributed by atoms with Crippen LogP contribution in [0.15, 0.2) is 47.4 Å². The molecule has 1 unspecified atom stereocenters. The molecule has 1 aliphatic carbocycles. The zero-order valence-electron chi connectivity index (χ0n) is 15.4. The second-order valence-corrected chi connectivity index (χ2v) is 8.33. The van der Waals surface area contributed by atoms with Crippen molar-refractivity contribution in [1.29, 1.82) is 0 Å². The van der Waals surface area contributed by atoms with Gasteiger partial charge < -0.3 is 10.6 Å². The van der Waals surface area contributed by atoms with Crippen LogP contribution in [0.3, 0.4) is 0 Å². The molecule has 0 aliphatic heterocycles. The van der Waals surface area contributed by atoms with E-state index in [1.165, 1.54) is 37.4 Å². The van der Waals surface area contributed by atoms with Crippen LogP contribution in [0.4, 0.5) is 8.78 Å². The zero-order chi connectivity index (χ0) is 21.2. The SMILES string of the molecule is CNC(=O)C(NC(=O)c1cccc(S(=O)(=O)NC2CC2)c1)c1ccc(F)c(F)c1. The van der Waals surface area contributed by atoms with Crippen molar-refractivity contribution in [2.24, 2.45) is 0 Å². The molecule has 154 valence electrons. The lowest BCUT2D eigenvalue weighted by Crippen LogP contribution is -2.39. The molecule has 0 radical (unpaired) electrons. The monoisotopic (exact) mass is 423 g/mol. The van der Waals surface area contributed by atoms with Crippen LogP contribution >= 0.6 is 0 Å². The number of carbonyl (C=O) groups excluding carboxylic acids is 2. The number of carbonyl (C=O) groups is 2. The number of hydrogen-bond donors (Lipinski definition) is 3. The molecule has 3 N–H and O–H groups in total. The Balaban J connectivity index is 1.85. The fraction of sp³-hybridized carbons (Fsp3) is 0.263. The standard InChI is InChI=1S/C19H19F2N3O4S/c1-22-19(26)17(11-5-8-15(20)16(21)10-11)23-18(25)12-3-2-4-14(9-12)29(27,28)24-13-6-7-13/h2-5,8-10,13,17,24H,6-7H2,1H3,(H,22,26)(H,23,25). The number of amides is 2. The van der Waals surface area contributed by atoms with Gasteiger partial charge in [0.2, 0.25) is 15.9 Å². The Kier molecular flexibility index (Phi) is 5.94. The first-order valence-electron chi connectivity index (χ1n) is 8.81. The first kappa shape index (κ1) is 20.9. The van der Waals surface area contributed by atoms with Crippen molar-refractivity contribution in [2.45, 2.75) is 29.8 Å². The van der Waals surface area contributed by atoms with Gasteiger partial charge in [-0.15, -0.1) is 0 Å². The quantitative estimate of drug-likeness (QED) is 0.630. The largest absolute Gasteiger partial charge is 0.357 e. The minimum absolute atomic E-state index is 0.000147. The normalized spacial score (nSPS) is 14.9. The fourth-order valence-electron chi connectivity index (χ4n) is 2.64. The van der Waals surface area contributed by atoms with Crippen LogP contribution in [0, 0.1) is 11.6 Å². The van der Waals surface area contributed by atoms with Gasteiger partial charge in [0.05, 0.1) is 4.90 Å². The molecule has 2 amide bonds. The smallest absolute Gasteiger partial charge is 0.252 e. The topological polar surface area (TPSA) is 104 Å². The van der Waals surface area contributed by atoms with Crippen molar-refractivity contribution in [3.63, 3.8) is 0 Å². The van der Waals surface area contributed by atoms with Gasteiger partial charge in [0.1, 0.15) is 6.04 Å². The summed E-state index contributed by atoms with van der Waals surface area (Å²) in [7, 11) is -2.43. The average molecular weight is 423 g/mol. The Morgan fingerprint density at radius 3 is 2.41 bits per heavy atom. The van der Waals surface area contributed by atoms with Crippen molar-refractivity contribution in [1.82, 2.24) is 15.4 Å². The number of benzene rings is 2. The summed E-state index contributed by atoms with van der Waals surface area (Å²) >= 11 is 0. The number of nitrogens with one attached hydrogen (secondary N) is 3. The summed E-state index contributed by atoms with van der Waals surface area (Å²) in [5.41, 5.74) is 0.0379. The summed E-state index contributed by atoms with van der Waals surface area (Å²) in [6, 6.07) is 6.79. The molecule has 0 bridgehead atoms. The van der Waals surface area contributed by atoms with Gasteiger partial charge >= 0.3 is 0 Å². The Bertz CT molecular complexity index is 1060. The molecule has 3 rings (SSSR count). The van der Waals surface area contributed by atoms with E-state index in [4.69, 9.17) is 0 Å². The molecule has 2 aromatic carbocycles. The summed E-state index contributed by atoms with van der Waals surface area (Å²) in [5, 5.41) is 4.77. The lowest BCUT2D eigenvalue weighted by atomic mass is 10.0. The molecule has 0 spiro atoms. The van der Waals surface area contributed by atoms with E-state index < -0.39 is 39.5 Å². The zero-order valence-corrected chi connectivity index (χ0v) is 16.2. The van der Waals surface area contributed by atoms with Gasteiger partial charge in [-0.05, 0) is 48.7 Å². The van der Waals surface area contributed by atoms with Crippen LogP contribution in [0.5, 0.6) is 0 Å². The number of halogens is 2. The second kappa shape index (κ2) is 8.26. The van der Waals surface area contributed by atoms with Gasteiger partial charge in [-0.1, -0.05) is 12.1 Å². The number of rotatable bonds is 7. The third-order valence-corrected chi connectivity index (χ3v) is 5.88. The van der Waals surface area contributed by atoms with Crippen molar-refractivity contribution in [3.05, 3.63) is 65.2 Å². The maximum absolute atomic E-state index is 13.6. The molecule has 10 heteroatoms. The summed E-state index contributed by atoms with van der Waals surface area (Å²) < 4.78 is 54.0. The minimum atomic E-state index is -3.77. The number of hydrogen-bond acceptors (Lipinski definition) is 4.